The molecule has 0 amide bonds. The molecule has 0 spiro atoms. The van der Waals surface area contributed by atoms with E-state index in [4.69, 9.17) is 5.73 Å². The lowest BCUT2D eigenvalue weighted by Gasteiger charge is -2.13. The van der Waals surface area contributed by atoms with Crippen molar-refractivity contribution in [2.45, 2.75) is 19.4 Å². The molecule has 2 rings (SSSR count). The van der Waals surface area contributed by atoms with E-state index in [1.807, 2.05) is 6.07 Å². The van der Waals surface area contributed by atoms with E-state index in [9.17, 15) is 0 Å². The molecular formula is C13H14BrN. The largest absolute Gasteiger partial charge is 0.324 e. The molecule has 1 nitrogen and oxygen atoms in total. The van der Waals surface area contributed by atoms with E-state index >= 15 is 0 Å². The van der Waals surface area contributed by atoms with Gasteiger partial charge in [0.1, 0.15) is 0 Å². The summed E-state index contributed by atoms with van der Waals surface area (Å²) < 4.78 is 1.13. The molecule has 0 unspecified atom stereocenters. The number of fused-ring (bicyclic) bond motifs is 1. The Kier molecular flexibility index (Phi) is 3.08. The van der Waals surface area contributed by atoms with Gasteiger partial charge in [-0.3, -0.25) is 0 Å². The van der Waals surface area contributed by atoms with E-state index in [0.29, 0.717) is 0 Å². The Morgan fingerprint density at radius 3 is 2.47 bits per heavy atom. The van der Waals surface area contributed by atoms with Crippen molar-refractivity contribution >= 4 is 26.7 Å². The molecule has 0 radical (unpaired) electrons. The highest BCUT2D eigenvalue weighted by Crippen LogP contribution is 2.30. The summed E-state index contributed by atoms with van der Waals surface area (Å²) in [6.45, 7) is 2.11. The summed E-state index contributed by atoms with van der Waals surface area (Å²) in [7, 11) is 0. The van der Waals surface area contributed by atoms with E-state index in [1.54, 1.807) is 0 Å². The average molecular weight is 264 g/mol. The maximum atomic E-state index is 6.10. The first kappa shape index (κ1) is 10.7. The predicted molar refractivity (Wildman–Crippen MR) is 68.9 cm³/mol. The Labute approximate surface area is 98.4 Å². The molecule has 0 bridgehead atoms. The van der Waals surface area contributed by atoms with Crippen LogP contribution in [0, 0.1) is 0 Å². The summed E-state index contributed by atoms with van der Waals surface area (Å²) >= 11 is 3.56. The number of rotatable bonds is 2. The van der Waals surface area contributed by atoms with E-state index in [-0.39, 0.29) is 6.04 Å². The van der Waals surface area contributed by atoms with E-state index in [1.165, 1.54) is 16.3 Å². The highest BCUT2D eigenvalue weighted by molar-refractivity contribution is 9.10. The van der Waals surface area contributed by atoms with E-state index in [2.05, 4.69) is 53.2 Å². The third-order valence-corrected chi connectivity index (χ3v) is 3.44. The molecule has 0 aromatic heterocycles. The van der Waals surface area contributed by atoms with Crippen LogP contribution < -0.4 is 5.73 Å². The van der Waals surface area contributed by atoms with Gasteiger partial charge in [-0.05, 0) is 28.8 Å². The van der Waals surface area contributed by atoms with Crippen LogP contribution in [0.25, 0.3) is 10.8 Å². The summed E-state index contributed by atoms with van der Waals surface area (Å²) in [5.74, 6) is 0. The minimum Gasteiger partial charge on any atom is -0.324 e. The summed E-state index contributed by atoms with van der Waals surface area (Å²) in [4.78, 5) is 0. The lowest BCUT2D eigenvalue weighted by atomic mass is 9.98. The fourth-order valence-electron chi connectivity index (χ4n) is 1.83. The van der Waals surface area contributed by atoms with Gasteiger partial charge in [-0.25, -0.2) is 0 Å². The van der Waals surface area contributed by atoms with E-state index in [0.717, 1.165) is 10.9 Å². The molecule has 0 saturated heterocycles. The quantitative estimate of drug-likeness (QED) is 0.871. The third-order valence-electron chi connectivity index (χ3n) is 2.74. The monoisotopic (exact) mass is 263 g/mol. The molecule has 0 saturated carbocycles. The maximum absolute atomic E-state index is 6.10. The number of hydrogen-bond acceptors (Lipinski definition) is 1. The molecule has 2 aromatic rings. The van der Waals surface area contributed by atoms with Crippen LogP contribution in [0.5, 0.6) is 0 Å². The molecule has 0 fully saturated rings. The Bertz CT molecular complexity index is 479. The van der Waals surface area contributed by atoms with Crippen LogP contribution >= 0.6 is 15.9 Å². The number of hydrogen-bond donors (Lipinski definition) is 1. The molecule has 0 aliphatic heterocycles. The second-order valence-corrected chi connectivity index (χ2v) is 4.55. The highest BCUT2D eigenvalue weighted by atomic mass is 79.9. The van der Waals surface area contributed by atoms with Crippen LogP contribution in [-0.4, -0.2) is 0 Å². The van der Waals surface area contributed by atoms with Gasteiger partial charge in [0, 0.05) is 10.5 Å². The minimum absolute atomic E-state index is 0.128. The molecule has 0 heterocycles. The van der Waals surface area contributed by atoms with E-state index < -0.39 is 0 Å². The predicted octanol–water partition coefficient (Wildman–Crippen LogP) is 4.01. The first-order valence-corrected chi connectivity index (χ1v) is 5.96. The maximum Gasteiger partial charge on any atom is 0.0298 e. The van der Waals surface area contributed by atoms with Crippen molar-refractivity contribution in [2.24, 2.45) is 5.73 Å². The number of benzene rings is 2. The Balaban J connectivity index is 2.71. The van der Waals surface area contributed by atoms with Gasteiger partial charge in [0.05, 0.1) is 0 Å². The molecule has 2 heteroatoms. The molecule has 0 aliphatic rings. The summed E-state index contributed by atoms with van der Waals surface area (Å²) in [6.07, 6.45) is 0.964. The van der Waals surface area contributed by atoms with Crippen LogP contribution in [-0.2, 0) is 0 Å². The van der Waals surface area contributed by atoms with Gasteiger partial charge in [-0.1, -0.05) is 53.2 Å². The van der Waals surface area contributed by atoms with Gasteiger partial charge in [-0.2, -0.15) is 0 Å². The van der Waals surface area contributed by atoms with Crippen molar-refractivity contribution in [3.63, 3.8) is 0 Å². The van der Waals surface area contributed by atoms with Crippen LogP contribution in [0.4, 0.5) is 0 Å². The lowest BCUT2D eigenvalue weighted by molar-refractivity contribution is 0.704. The minimum atomic E-state index is 0.128. The lowest BCUT2D eigenvalue weighted by Crippen LogP contribution is -2.08. The topological polar surface area (TPSA) is 26.0 Å². The second-order valence-electron chi connectivity index (χ2n) is 3.70. The molecule has 78 valence electrons. The van der Waals surface area contributed by atoms with Gasteiger partial charge in [0.2, 0.25) is 0 Å². The van der Waals surface area contributed by atoms with Crippen molar-refractivity contribution in [2.75, 3.05) is 0 Å². The summed E-state index contributed by atoms with van der Waals surface area (Å²) in [5, 5.41) is 2.49. The fraction of sp³-hybridized carbons (Fsp3) is 0.231. The molecule has 15 heavy (non-hydrogen) atoms. The van der Waals surface area contributed by atoms with Crippen molar-refractivity contribution in [1.29, 1.82) is 0 Å². The molecule has 2 aromatic carbocycles. The van der Waals surface area contributed by atoms with Gasteiger partial charge in [0.15, 0.2) is 0 Å². The number of nitrogens with two attached hydrogens (primary N) is 1. The fourth-order valence-corrected chi connectivity index (χ4v) is 2.31. The average Bonchev–Trinajstić information content (AvgIpc) is 2.29. The number of halogens is 1. The van der Waals surface area contributed by atoms with Crippen LogP contribution in [0.3, 0.4) is 0 Å². The zero-order chi connectivity index (χ0) is 10.8. The van der Waals surface area contributed by atoms with Gasteiger partial charge in [0.25, 0.3) is 0 Å². The summed E-state index contributed by atoms with van der Waals surface area (Å²) in [6, 6.07) is 12.7. The van der Waals surface area contributed by atoms with Gasteiger partial charge < -0.3 is 5.73 Å². The molecule has 0 aliphatic carbocycles. The zero-order valence-corrected chi connectivity index (χ0v) is 10.3. The Hall–Kier alpha value is -0.860. The Morgan fingerprint density at radius 1 is 1.13 bits per heavy atom. The van der Waals surface area contributed by atoms with Crippen molar-refractivity contribution in [1.82, 2.24) is 0 Å². The van der Waals surface area contributed by atoms with Crippen LogP contribution in [0.1, 0.15) is 24.9 Å². The van der Waals surface area contributed by atoms with Crippen molar-refractivity contribution < 1.29 is 0 Å². The van der Waals surface area contributed by atoms with Crippen LogP contribution in [0.15, 0.2) is 40.9 Å². The highest BCUT2D eigenvalue weighted by Gasteiger charge is 2.08. The standard InChI is InChI=1S/C13H14BrN/c1-2-13(15)11-7-8-12(14)10-6-4-3-5-9(10)11/h3-8,13H,2,15H2,1H3/t13-/m1/s1. The Morgan fingerprint density at radius 2 is 1.80 bits per heavy atom. The normalized spacial score (nSPS) is 13.0. The van der Waals surface area contributed by atoms with Gasteiger partial charge in [-0.15, -0.1) is 0 Å². The SMILES string of the molecule is CC[C@@H](N)c1ccc(Br)c2ccccc12. The van der Waals surface area contributed by atoms with Crippen LogP contribution in [0.2, 0.25) is 0 Å². The summed E-state index contributed by atoms with van der Waals surface area (Å²) in [5.41, 5.74) is 7.33. The van der Waals surface area contributed by atoms with Gasteiger partial charge >= 0.3 is 0 Å². The first-order chi connectivity index (χ1) is 7.24. The zero-order valence-electron chi connectivity index (χ0n) is 8.70. The second kappa shape index (κ2) is 4.33. The van der Waals surface area contributed by atoms with Crippen molar-refractivity contribution in [3.8, 4) is 0 Å². The van der Waals surface area contributed by atoms with Crippen molar-refractivity contribution in [3.05, 3.63) is 46.4 Å². The molecular weight excluding hydrogens is 250 g/mol. The smallest absolute Gasteiger partial charge is 0.0298 e. The molecule has 2 N–H and O–H groups in total. The molecule has 1 atom stereocenters. The first-order valence-electron chi connectivity index (χ1n) is 5.16. The third kappa shape index (κ3) is 1.92.